The molecule has 5 nitrogen and oxygen atoms in total. The SMILES string of the molecule is Cc1nc(CNC(=O)Cc2ccc(S)cc2)no1. The van der Waals surface area contributed by atoms with E-state index in [0.717, 1.165) is 10.5 Å². The number of hydrogen-bond donors (Lipinski definition) is 2. The van der Waals surface area contributed by atoms with Crippen LogP contribution in [0.4, 0.5) is 0 Å². The molecule has 0 fully saturated rings. The maximum atomic E-state index is 11.7. The number of nitrogens with one attached hydrogen (secondary N) is 1. The molecule has 1 aromatic heterocycles. The first-order valence-corrected chi connectivity index (χ1v) is 5.92. The van der Waals surface area contributed by atoms with Crippen LogP contribution < -0.4 is 5.32 Å². The highest BCUT2D eigenvalue weighted by Crippen LogP contribution is 2.08. The van der Waals surface area contributed by atoms with Crippen LogP contribution in [0, 0.1) is 6.92 Å². The average molecular weight is 263 g/mol. The first kappa shape index (κ1) is 12.6. The van der Waals surface area contributed by atoms with Crippen LogP contribution >= 0.6 is 12.6 Å². The highest BCUT2D eigenvalue weighted by atomic mass is 32.1. The third-order valence-corrected chi connectivity index (χ3v) is 2.61. The van der Waals surface area contributed by atoms with E-state index < -0.39 is 0 Å². The van der Waals surface area contributed by atoms with Crippen LogP contribution in [0.15, 0.2) is 33.7 Å². The van der Waals surface area contributed by atoms with Crippen molar-refractivity contribution in [1.29, 1.82) is 0 Å². The van der Waals surface area contributed by atoms with Gasteiger partial charge in [0.05, 0.1) is 13.0 Å². The minimum atomic E-state index is -0.0793. The van der Waals surface area contributed by atoms with Crippen molar-refractivity contribution in [3.05, 3.63) is 41.5 Å². The average Bonchev–Trinajstić information content (AvgIpc) is 2.76. The second-order valence-corrected chi connectivity index (χ2v) is 4.37. The van der Waals surface area contributed by atoms with Crippen molar-refractivity contribution in [2.24, 2.45) is 0 Å². The summed E-state index contributed by atoms with van der Waals surface area (Å²) in [5, 5.41) is 6.43. The van der Waals surface area contributed by atoms with Gasteiger partial charge >= 0.3 is 0 Å². The summed E-state index contributed by atoms with van der Waals surface area (Å²) in [5.41, 5.74) is 0.939. The van der Waals surface area contributed by atoms with Crippen molar-refractivity contribution >= 4 is 18.5 Å². The highest BCUT2D eigenvalue weighted by molar-refractivity contribution is 7.80. The Morgan fingerprint density at radius 2 is 2.11 bits per heavy atom. The van der Waals surface area contributed by atoms with Crippen LogP contribution in [0.2, 0.25) is 0 Å². The standard InChI is InChI=1S/C12H13N3O2S/c1-8-14-11(15-17-8)7-13-12(16)6-9-2-4-10(18)5-3-9/h2-5,18H,6-7H2,1H3,(H,13,16). The Morgan fingerprint density at radius 3 is 2.72 bits per heavy atom. The van der Waals surface area contributed by atoms with Crippen LogP contribution in [-0.2, 0) is 17.8 Å². The van der Waals surface area contributed by atoms with Crippen LogP contribution in [0.3, 0.4) is 0 Å². The number of thiol groups is 1. The first-order chi connectivity index (χ1) is 8.63. The van der Waals surface area contributed by atoms with Crippen molar-refractivity contribution in [3.63, 3.8) is 0 Å². The normalized spacial score (nSPS) is 10.3. The highest BCUT2D eigenvalue weighted by Gasteiger charge is 2.06. The van der Waals surface area contributed by atoms with E-state index in [9.17, 15) is 4.79 Å². The van der Waals surface area contributed by atoms with E-state index in [1.165, 1.54) is 0 Å². The Kier molecular flexibility index (Phi) is 3.99. The lowest BCUT2D eigenvalue weighted by Crippen LogP contribution is -2.25. The van der Waals surface area contributed by atoms with E-state index in [0.29, 0.717) is 18.1 Å². The molecule has 0 saturated heterocycles. The van der Waals surface area contributed by atoms with Gasteiger partial charge in [-0.25, -0.2) is 0 Å². The fraction of sp³-hybridized carbons (Fsp3) is 0.250. The summed E-state index contributed by atoms with van der Waals surface area (Å²) in [6.45, 7) is 1.98. The molecular formula is C12H13N3O2S. The summed E-state index contributed by atoms with van der Waals surface area (Å²) in [4.78, 5) is 16.5. The van der Waals surface area contributed by atoms with Crippen LogP contribution in [0.5, 0.6) is 0 Å². The zero-order chi connectivity index (χ0) is 13.0. The first-order valence-electron chi connectivity index (χ1n) is 5.47. The molecule has 2 rings (SSSR count). The van der Waals surface area contributed by atoms with Gasteiger partial charge in [0.2, 0.25) is 11.8 Å². The number of amides is 1. The van der Waals surface area contributed by atoms with E-state index in [1.54, 1.807) is 6.92 Å². The van der Waals surface area contributed by atoms with E-state index in [1.807, 2.05) is 24.3 Å². The van der Waals surface area contributed by atoms with Gasteiger partial charge < -0.3 is 9.84 Å². The smallest absolute Gasteiger partial charge is 0.224 e. The molecule has 18 heavy (non-hydrogen) atoms. The van der Waals surface area contributed by atoms with E-state index in [-0.39, 0.29) is 12.5 Å². The number of carbonyl (C=O) groups excluding carboxylic acids is 1. The Hall–Kier alpha value is -1.82. The molecule has 0 radical (unpaired) electrons. The monoisotopic (exact) mass is 263 g/mol. The molecule has 0 aliphatic carbocycles. The quantitative estimate of drug-likeness (QED) is 0.821. The van der Waals surface area contributed by atoms with Crippen molar-refractivity contribution in [1.82, 2.24) is 15.5 Å². The molecule has 1 aromatic carbocycles. The molecule has 0 atom stereocenters. The molecule has 0 unspecified atom stereocenters. The van der Waals surface area contributed by atoms with E-state index >= 15 is 0 Å². The molecule has 0 bridgehead atoms. The predicted molar refractivity (Wildman–Crippen MR) is 68.3 cm³/mol. The molecule has 0 aliphatic rings. The van der Waals surface area contributed by atoms with Crippen LogP contribution in [-0.4, -0.2) is 16.0 Å². The van der Waals surface area contributed by atoms with Crippen molar-refractivity contribution in [2.75, 3.05) is 0 Å². The Balaban J connectivity index is 1.83. The summed E-state index contributed by atoms with van der Waals surface area (Å²) in [6.07, 6.45) is 0.324. The summed E-state index contributed by atoms with van der Waals surface area (Å²) >= 11 is 4.19. The summed E-state index contributed by atoms with van der Waals surface area (Å²) < 4.78 is 4.81. The minimum Gasteiger partial charge on any atom is -0.348 e. The van der Waals surface area contributed by atoms with Crippen molar-refractivity contribution in [2.45, 2.75) is 24.8 Å². The maximum Gasteiger partial charge on any atom is 0.224 e. The number of carbonyl (C=O) groups is 1. The van der Waals surface area contributed by atoms with Gasteiger partial charge in [-0.05, 0) is 17.7 Å². The molecule has 0 aliphatic heterocycles. The number of aryl methyl sites for hydroxylation is 1. The van der Waals surface area contributed by atoms with Gasteiger partial charge in [0.25, 0.3) is 0 Å². The summed E-state index contributed by atoms with van der Waals surface area (Å²) in [6, 6.07) is 7.46. The predicted octanol–water partition coefficient (Wildman–Crippen LogP) is 1.53. The minimum absolute atomic E-state index is 0.0793. The number of rotatable bonds is 4. The summed E-state index contributed by atoms with van der Waals surface area (Å²) in [7, 11) is 0. The molecule has 0 saturated carbocycles. The topological polar surface area (TPSA) is 68.0 Å². The lowest BCUT2D eigenvalue weighted by Gasteiger charge is -2.03. The van der Waals surface area contributed by atoms with Gasteiger partial charge in [-0.15, -0.1) is 12.6 Å². The second kappa shape index (κ2) is 5.68. The van der Waals surface area contributed by atoms with Crippen LogP contribution in [0.1, 0.15) is 17.3 Å². The van der Waals surface area contributed by atoms with Gasteiger partial charge in [-0.2, -0.15) is 4.98 Å². The van der Waals surface area contributed by atoms with Crippen molar-refractivity contribution in [3.8, 4) is 0 Å². The molecular weight excluding hydrogens is 250 g/mol. The molecule has 1 amide bonds. The van der Waals surface area contributed by atoms with Crippen LogP contribution in [0.25, 0.3) is 0 Å². The van der Waals surface area contributed by atoms with Gasteiger partial charge in [-0.1, -0.05) is 17.3 Å². The fourth-order valence-corrected chi connectivity index (χ4v) is 1.60. The van der Waals surface area contributed by atoms with Gasteiger partial charge in [-0.3, -0.25) is 4.79 Å². The second-order valence-electron chi connectivity index (χ2n) is 3.85. The third-order valence-electron chi connectivity index (χ3n) is 2.31. The summed E-state index contributed by atoms with van der Waals surface area (Å²) in [5.74, 6) is 0.888. The Morgan fingerprint density at radius 1 is 1.39 bits per heavy atom. The zero-order valence-electron chi connectivity index (χ0n) is 9.88. The number of nitrogens with zero attached hydrogens (tertiary/aromatic N) is 2. The van der Waals surface area contributed by atoms with Crippen molar-refractivity contribution < 1.29 is 9.32 Å². The molecule has 1 heterocycles. The number of benzene rings is 1. The van der Waals surface area contributed by atoms with Gasteiger partial charge in [0.15, 0.2) is 5.82 Å². The molecule has 2 aromatic rings. The third kappa shape index (κ3) is 3.59. The Bertz CT molecular complexity index is 537. The zero-order valence-corrected chi connectivity index (χ0v) is 10.8. The largest absolute Gasteiger partial charge is 0.348 e. The molecule has 0 spiro atoms. The van der Waals surface area contributed by atoms with Gasteiger partial charge in [0, 0.05) is 11.8 Å². The van der Waals surface area contributed by atoms with Gasteiger partial charge in [0.1, 0.15) is 0 Å². The maximum absolute atomic E-state index is 11.7. The number of hydrogen-bond acceptors (Lipinski definition) is 5. The fourth-order valence-electron chi connectivity index (χ4n) is 1.45. The molecule has 1 N–H and O–H groups in total. The van der Waals surface area contributed by atoms with E-state index in [4.69, 9.17) is 4.52 Å². The van der Waals surface area contributed by atoms with E-state index in [2.05, 4.69) is 28.1 Å². The lowest BCUT2D eigenvalue weighted by atomic mass is 10.1. The molecule has 6 heteroatoms. The molecule has 94 valence electrons. The number of aromatic nitrogens is 2. The Labute approximate surface area is 110 Å². The lowest BCUT2D eigenvalue weighted by molar-refractivity contribution is -0.120.